The molecule has 1 aromatic carbocycles. The second kappa shape index (κ2) is 11.6. The van der Waals surface area contributed by atoms with Crippen molar-refractivity contribution in [3.63, 3.8) is 0 Å². The Balaban J connectivity index is 1.75. The lowest BCUT2D eigenvalue weighted by molar-refractivity contribution is -0.227. The van der Waals surface area contributed by atoms with Gasteiger partial charge >= 0.3 is 5.97 Å². The average Bonchev–Trinajstić information content (AvgIpc) is 3.18. The van der Waals surface area contributed by atoms with E-state index in [0.717, 1.165) is 49.7 Å². The number of carbonyl (C=O) groups is 1. The molecule has 0 heterocycles. The minimum atomic E-state index is -3.21. The molecular formula is C23H30O7. The zero-order chi connectivity index (χ0) is 22.0. The van der Waals surface area contributed by atoms with Gasteiger partial charge in [-0.3, -0.25) is 0 Å². The van der Waals surface area contributed by atoms with Gasteiger partial charge in [-0.05, 0) is 73.9 Å². The van der Waals surface area contributed by atoms with Crippen molar-refractivity contribution >= 4 is 5.97 Å². The van der Waals surface area contributed by atoms with Crippen LogP contribution in [0.25, 0.3) is 0 Å². The number of hydrogen-bond donors (Lipinski definition) is 4. The Labute approximate surface area is 176 Å². The maximum absolute atomic E-state index is 10.7. The van der Waals surface area contributed by atoms with Crippen LogP contribution in [0.5, 0.6) is 11.5 Å². The van der Waals surface area contributed by atoms with Crippen LogP contribution in [0.4, 0.5) is 0 Å². The molecule has 0 aliphatic heterocycles. The Kier molecular flexibility index (Phi) is 9.15. The molecule has 3 atom stereocenters. The molecule has 2 rings (SSSR count). The minimum absolute atomic E-state index is 0.439. The molecule has 1 aliphatic rings. The number of carboxylic acid groups (broad SMARTS) is 1. The van der Waals surface area contributed by atoms with Crippen LogP contribution in [-0.2, 0) is 4.79 Å². The van der Waals surface area contributed by atoms with Gasteiger partial charge in [0, 0.05) is 0 Å². The minimum Gasteiger partial charge on any atom is -0.497 e. The number of aliphatic carboxylic acids is 1. The summed E-state index contributed by atoms with van der Waals surface area (Å²) in [5, 5.41) is 36.7. The van der Waals surface area contributed by atoms with Crippen molar-refractivity contribution in [3.05, 3.63) is 54.3 Å². The van der Waals surface area contributed by atoms with Crippen LogP contribution in [0.1, 0.15) is 32.1 Å². The van der Waals surface area contributed by atoms with Crippen molar-refractivity contribution in [2.75, 3.05) is 13.7 Å². The fraction of sp³-hybridized carbons (Fsp3) is 0.478. The lowest BCUT2D eigenvalue weighted by Crippen LogP contribution is -2.48. The highest BCUT2D eigenvalue weighted by atomic mass is 16.6. The summed E-state index contributed by atoms with van der Waals surface area (Å²) >= 11 is 0. The van der Waals surface area contributed by atoms with Crippen LogP contribution in [0.15, 0.2) is 54.3 Å². The summed E-state index contributed by atoms with van der Waals surface area (Å²) in [6.07, 6.45) is 9.91. The summed E-state index contributed by atoms with van der Waals surface area (Å²) in [5.74, 6) is -2.64. The van der Waals surface area contributed by atoms with Crippen molar-refractivity contribution in [2.45, 2.75) is 44.0 Å². The molecule has 0 bridgehead atoms. The zero-order valence-corrected chi connectivity index (χ0v) is 17.1. The maximum Gasteiger partial charge on any atom is 0.367 e. The molecule has 0 amide bonds. The van der Waals surface area contributed by atoms with E-state index in [2.05, 4.69) is 17.9 Å². The normalized spacial score (nSPS) is 19.9. The van der Waals surface area contributed by atoms with E-state index in [1.807, 2.05) is 24.3 Å². The third-order valence-corrected chi connectivity index (χ3v) is 5.23. The number of rotatable bonds is 11. The van der Waals surface area contributed by atoms with Crippen LogP contribution in [0.2, 0.25) is 0 Å². The van der Waals surface area contributed by atoms with Crippen molar-refractivity contribution < 1.29 is 34.7 Å². The molecule has 1 fully saturated rings. The van der Waals surface area contributed by atoms with Gasteiger partial charge in [-0.2, -0.15) is 0 Å². The van der Waals surface area contributed by atoms with Gasteiger partial charge in [-0.1, -0.05) is 18.6 Å². The second-order valence-corrected chi connectivity index (χ2v) is 7.34. The fourth-order valence-electron chi connectivity index (χ4n) is 3.42. The van der Waals surface area contributed by atoms with E-state index in [-0.39, 0.29) is 0 Å². The molecule has 7 nitrogen and oxygen atoms in total. The zero-order valence-electron chi connectivity index (χ0n) is 17.1. The molecule has 7 heteroatoms. The number of aliphatic hydroxyl groups excluding tert-OH is 1. The number of hydrogen-bond acceptors (Lipinski definition) is 6. The van der Waals surface area contributed by atoms with Crippen molar-refractivity contribution in [1.29, 1.82) is 0 Å². The van der Waals surface area contributed by atoms with E-state index in [1.54, 1.807) is 13.2 Å². The van der Waals surface area contributed by atoms with Crippen LogP contribution >= 0.6 is 0 Å². The lowest BCUT2D eigenvalue weighted by Gasteiger charge is -2.19. The summed E-state index contributed by atoms with van der Waals surface area (Å²) < 4.78 is 10.8. The van der Waals surface area contributed by atoms with Gasteiger partial charge in [0.25, 0.3) is 5.79 Å². The molecule has 4 N–H and O–H groups in total. The Morgan fingerprint density at radius 1 is 1.27 bits per heavy atom. The molecule has 0 radical (unpaired) electrons. The van der Waals surface area contributed by atoms with Crippen molar-refractivity contribution in [2.24, 2.45) is 11.8 Å². The number of ether oxygens (including phenoxy) is 2. The lowest BCUT2D eigenvalue weighted by atomic mass is 9.92. The van der Waals surface area contributed by atoms with E-state index < -0.39 is 17.9 Å². The quantitative estimate of drug-likeness (QED) is 0.189. The Hall–Kier alpha value is -2.57. The first-order valence-electron chi connectivity index (χ1n) is 10.1. The molecule has 1 aromatic rings. The number of benzene rings is 1. The van der Waals surface area contributed by atoms with Crippen molar-refractivity contribution in [3.8, 4) is 11.5 Å². The number of carboxylic acids is 1. The smallest absolute Gasteiger partial charge is 0.367 e. The van der Waals surface area contributed by atoms with Crippen LogP contribution in [0.3, 0.4) is 0 Å². The average molecular weight is 418 g/mol. The Morgan fingerprint density at radius 2 is 1.97 bits per heavy atom. The fourth-order valence-corrected chi connectivity index (χ4v) is 3.42. The first-order chi connectivity index (χ1) is 14.3. The molecule has 164 valence electrons. The van der Waals surface area contributed by atoms with Crippen LogP contribution in [-0.4, -0.2) is 52.0 Å². The van der Waals surface area contributed by atoms with Crippen LogP contribution < -0.4 is 9.47 Å². The second-order valence-electron chi connectivity index (χ2n) is 7.34. The molecule has 0 spiro atoms. The highest BCUT2D eigenvalue weighted by Crippen LogP contribution is 2.35. The third kappa shape index (κ3) is 7.04. The summed E-state index contributed by atoms with van der Waals surface area (Å²) in [4.78, 5) is 10.7. The van der Waals surface area contributed by atoms with Gasteiger partial charge < -0.3 is 29.9 Å². The van der Waals surface area contributed by atoms with Crippen LogP contribution in [0, 0.1) is 11.8 Å². The van der Waals surface area contributed by atoms with Gasteiger partial charge in [-0.15, -0.1) is 5.73 Å². The first kappa shape index (κ1) is 23.7. The van der Waals surface area contributed by atoms with Gasteiger partial charge in [0.05, 0.1) is 13.7 Å². The standard InChI is InChI=1S/C23H30O7/c1-29-19-12-14-20(15-13-19)30-16-5-4-8-18-10-6-9-17(18)7-2-3-11-21(24)23(27,28)22(25)26/h2,4,8,11-15,17-18,21,24,27-28H,5-7,9-10,16H2,1H3,(H,25,26)/t3?,17-,18-,21?/m0/s1. The topological polar surface area (TPSA) is 116 Å². The molecule has 0 aromatic heterocycles. The molecular weight excluding hydrogens is 388 g/mol. The molecule has 1 aliphatic carbocycles. The predicted molar refractivity (Wildman–Crippen MR) is 111 cm³/mol. The summed E-state index contributed by atoms with van der Waals surface area (Å²) in [6.45, 7) is 0.592. The first-order valence-corrected chi connectivity index (χ1v) is 10.1. The molecule has 1 unspecified atom stereocenters. The molecule has 1 saturated carbocycles. The summed E-state index contributed by atoms with van der Waals surface area (Å²) in [5.41, 5.74) is 2.66. The number of aliphatic hydroxyl groups is 3. The van der Waals surface area contributed by atoms with E-state index in [0.29, 0.717) is 18.4 Å². The molecule has 30 heavy (non-hydrogen) atoms. The van der Waals surface area contributed by atoms with E-state index in [1.165, 1.54) is 0 Å². The Bertz CT molecular complexity index is 760. The predicted octanol–water partition coefficient (Wildman–Crippen LogP) is 2.66. The largest absolute Gasteiger partial charge is 0.497 e. The Morgan fingerprint density at radius 3 is 2.63 bits per heavy atom. The van der Waals surface area contributed by atoms with Gasteiger partial charge in [-0.25, -0.2) is 4.79 Å². The van der Waals surface area contributed by atoms with E-state index in [4.69, 9.17) is 14.6 Å². The van der Waals surface area contributed by atoms with Gasteiger partial charge in [0.1, 0.15) is 17.6 Å². The highest BCUT2D eigenvalue weighted by Gasteiger charge is 2.40. The van der Waals surface area contributed by atoms with Crippen molar-refractivity contribution in [1.82, 2.24) is 0 Å². The van der Waals surface area contributed by atoms with Gasteiger partial charge in [0.2, 0.25) is 0 Å². The third-order valence-electron chi connectivity index (χ3n) is 5.23. The number of allylic oxidation sites excluding steroid dienone is 1. The highest BCUT2D eigenvalue weighted by molar-refractivity contribution is 5.76. The molecule has 0 saturated heterocycles. The SMILES string of the molecule is COc1ccc(OCCC=C[C@H]2CCC[C@@H]2CC=C=CC(O)C(O)(O)C(=O)O)cc1. The van der Waals surface area contributed by atoms with Gasteiger partial charge in [0.15, 0.2) is 0 Å². The monoisotopic (exact) mass is 418 g/mol. The van der Waals surface area contributed by atoms with E-state index >= 15 is 0 Å². The maximum atomic E-state index is 10.7. The number of methoxy groups -OCH3 is 1. The summed E-state index contributed by atoms with van der Waals surface area (Å²) in [7, 11) is 1.63. The van der Waals surface area contributed by atoms with E-state index in [9.17, 15) is 20.1 Å². The summed E-state index contributed by atoms with van der Waals surface area (Å²) in [6, 6.07) is 7.47.